The van der Waals surface area contributed by atoms with Crippen LogP contribution in [0.25, 0.3) is 11.1 Å². The monoisotopic (exact) mass is 479 g/mol. The lowest BCUT2D eigenvalue weighted by molar-refractivity contribution is -0.139. The summed E-state index contributed by atoms with van der Waals surface area (Å²) in [6, 6.07) is 16.9. The molecule has 35 heavy (non-hydrogen) atoms. The predicted molar refractivity (Wildman–Crippen MR) is 138 cm³/mol. The molecule has 0 radical (unpaired) electrons. The predicted octanol–water partition coefficient (Wildman–Crippen LogP) is 7.14. The van der Waals surface area contributed by atoms with Gasteiger partial charge in [0.2, 0.25) is 0 Å². The molecule has 0 spiro atoms. The summed E-state index contributed by atoms with van der Waals surface area (Å²) >= 11 is 0. The largest absolute Gasteiger partial charge is 0.494 e. The van der Waals surface area contributed by atoms with Crippen LogP contribution in [0.15, 0.2) is 54.6 Å². The van der Waals surface area contributed by atoms with Gasteiger partial charge in [-0.15, -0.1) is 0 Å². The molecule has 3 aromatic carbocycles. The third-order valence-electron chi connectivity index (χ3n) is 5.77. The molecule has 0 aliphatic heterocycles. The first-order valence-corrected chi connectivity index (χ1v) is 12.1. The van der Waals surface area contributed by atoms with E-state index in [0.717, 1.165) is 41.0 Å². The van der Waals surface area contributed by atoms with Crippen molar-refractivity contribution in [2.75, 3.05) is 18.5 Å². The Morgan fingerprint density at radius 1 is 0.971 bits per heavy atom. The molecule has 0 atom stereocenters. The number of anilines is 1. The van der Waals surface area contributed by atoms with Crippen molar-refractivity contribution in [2.45, 2.75) is 53.0 Å². The van der Waals surface area contributed by atoms with E-state index in [2.05, 4.69) is 50.4 Å². The van der Waals surface area contributed by atoms with Gasteiger partial charge in [0.1, 0.15) is 5.75 Å². The third kappa shape index (κ3) is 7.74. The van der Waals surface area contributed by atoms with E-state index in [0.29, 0.717) is 12.2 Å². The van der Waals surface area contributed by atoms with Crippen molar-refractivity contribution in [3.05, 3.63) is 77.1 Å². The molecule has 0 saturated carbocycles. The smallest absolute Gasteiger partial charge is 0.341 e. The number of aryl methyl sites for hydroxylation is 2. The Bertz CT molecular complexity index is 1120. The van der Waals surface area contributed by atoms with Gasteiger partial charge < -0.3 is 19.9 Å². The van der Waals surface area contributed by atoms with E-state index in [1.807, 2.05) is 12.1 Å². The van der Waals surface area contributed by atoms with Crippen LogP contribution < -0.4 is 14.8 Å². The first-order chi connectivity index (χ1) is 16.9. The van der Waals surface area contributed by atoms with Crippen LogP contribution in [-0.2, 0) is 11.3 Å². The molecule has 0 bridgehead atoms. The summed E-state index contributed by atoms with van der Waals surface area (Å²) in [6.45, 7) is 7.09. The van der Waals surface area contributed by atoms with E-state index in [4.69, 9.17) is 14.6 Å². The molecule has 0 aliphatic rings. The van der Waals surface area contributed by atoms with Crippen LogP contribution in [0.2, 0.25) is 0 Å². The minimum Gasteiger partial charge on any atom is -0.494 e. The van der Waals surface area contributed by atoms with Gasteiger partial charge in [0.25, 0.3) is 0 Å². The Hall–Kier alpha value is -3.54. The number of aliphatic carboxylic acids is 1. The summed E-state index contributed by atoms with van der Waals surface area (Å²) in [4.78, 5) is 10.6. The number of hydrogen-bond donors (Lipinski definition) is 2. The lowest BCUT2D eigenvalue weighted by Crippen LogP contribution is -2.10. The topological polar surface area (TPSA) is 67.8 Å². The minimum absolute atomic E-state index is 0.0840. The lowest BCUT2D eigenvalue weighted by atomic mass is 9.94. The molecule has 0 amide bonds. The van der Waals surface area contributed by atoms with E-state index >= 15 is 0 Å². The zero-order chi connectivity index (χ0) is 25.2. The molecule has 0 heterocycles. The van der Waals surface area contributed by atoms with Gasteiger partial charge in [-0.2, -0.15) is 0 Å². The second-order valence-electron chi connectivity index (χ2n) is 8.72. The zero-order valence-electron chi connectivity index (χ0n) is 20.7. The average Bonchev–Trinajstić information content (AvgIpc) is 2.82. The highest BCUT2D eigenvalue weighted by Gasteiger charge is 2.10. The number of ether oxygens (including phenoxy) is 2. The first-order valence-electron chi connectivity index (χ1n) is 12.1. The summed E-state index contributed by atoms with van der Waals surface area (Å²) in [5.74, 6) is -0.930. The van der Waals surface area contributed by atoms with Crippen LogP contribution in [-0.4, -0.2) is 24.3 Å². The van der Waals surface area contributed by atoms with Gasteiger partial charge in [-0.05, 0) is 78.4 Å². The van der Waals surface area contributed by atoms with Crippen molar-refractivity contribution in [1.29, 1.82) is 0 Å². The van der Waals surface area contributed by atoms with Crippen molar-refractivity contribution in [1.82, 2.24) is 0 Å². The van der Waals surface area contributed by atoms with Crippen LogP contribution in [0.4, 0.5) is 10.1 Å². The number of carboxylic acid groups (broad SMARTS) is 1. The molecular weight excluding hydrogens is 445 g/mol. The van der Waals surface area contributed by atoms with Crippen molar-refractivity contribution < 1.29 is 23.8 Å². The van der Waals surface area contributed by atoms with Gasteiger partial charge in [0, 0.05) is 18.3 Å². The van der Waals surface area contributed by atoms with E-state index in [9.17, 15) is 9.18 Å². The van der Waals surface area contributed by atoms with Crippen molar-refractivity contribution in [3.63, 3.8) is 0 Å². The molecule has 5 nitrogen and oxygen atoms in total. The first kappa shape index (κ1) is 26.1. The van der Waals surface area contributed by atoms with Gasteiger partial charge in [-0.25, -0.2) is 9.18 Å². The highest BCUT2D eigenvalue weighted by Crippen LogP contribution is 2.32. The van der Waals surface area contributed by atoms with Crippen LogP contribution in [0, 0.1) is 19.7 Å². The Morgan fingerprint density at radius 2 is 1.74 bits per heavy atom. The van der Waals surface area contributed by atoms with Crippen LogP contribution in [0.1, 0.15) is 49.3 Å². The molecule has 3 rings (SSSR count). The molecule has 0 unspecified atom stereocenters. The maximum Gasteiger partial charge on any atom is 0.341 e. The summed E-state index contributed by atoms with van der Waals surface area (Å²) < 4.78 is 25.1. The molecule has 186 valence electrons. The molecule has 0 aliphatic carbocycles. The summed E-state index contributed by atoms with van der Waals surface area (Å²) in [6.07, 6.45) is 4.73. The van der Waals surface area contributed by atoms with E-state index in [-0.39, 0.29) is 5.75 Å². The number of halogens is 1. The third-order valence-corrected chi connectivity index (χ3v) is 5.77. The molecule has 0 fully saturated rings. The number of benzene rings is 3. The van der Waals surface area contributed by atoms with E-state index < -0.39 is 18.4 Å². The van der Waals surface area contributed by atoms with Gasteiger partial charge in [0.05, 0.1) is 6.61 Å². The molecule has 2 N–H and O–H groups in total. The molecule has 0 aromatic heterocycles. The zero-order valence-corrected chi connectivity index (χ0v) is 20.7. The maximum absolute atomic E-state index is 14.2. The van der Waals surface area contributed by atoms with Crippen molar-refractivity contribution >= 4 is 11.7 Å². The number of rotatable bonds is 13. The van der Waals surface area contributed by atoms with Crippen molar-refractivity contribution in [3.8, 4) is 22.6 Å². The molecule has 0 saturated heterocycles. The average molecular weight is 480 g/mol. The highest BCUT2D eigenvalue weighted by molar-refractivity contribution is 5.72. The second kappa shape index (κ2) is 12.8. The number of hydrogen-bond acceptors (Lipinski definition) is 4. The second-order valence-corrected chi connectivity index (χ2v) is 8.72. The standard InChI is InChI=1S/C29H34FNO4/c1-4-5-6-7-13-34-25-14-20(2)29(21(3)15-25)23-10-8-9-22(16-23)18-31-24-11-12-27(26(30)17-24)35-19-28(32)33/h8-12,14-17,31H,4-7,13,18-19H2,1-3H3,(H,32,33). The molecule has 3 aromatic rings. The number of carbonyl (C=O) groups is 1. The minimum atomic E-state index is -1.15. The number of carboxylic acids is 1. The van der Waals surface area contributed by atoms with Crippen LogP contribution >= 0.6 is 0 Å². The van der Waals surface area contributed by atoms with E-state index in [1.165, 1.54) is 37.0 Å². The Morgan fingerprint density at radius 3 is 2.43 bits per heavy atom. The summed E-state index contributed by atoms with van der Waals surface area (Å²) in [5, 5.41) is 11.9. The van der Waals surface area contributed by atoms with E-state index in [1.54, 1.807) is 6.07 Å². The van der Waals surface area contributed by atoms with Gasteiger partial charge in [0.15, 0.2) is 18.2 Å². The fourth-order valence-electron chi connectivity index (χ4n) is 4.09. The van der Waals surface area contributed by atoms with Crippen molar-refractivity contribution in [2.24, 2.45) is 0 Å². The quantitative estimate of drug-likeness (QED) is 0.255. The highest BCUT2D eigenvalue weighted by atomic mass is 19.1. The Kier molecular flexibility index (Phi) is 9.53. The van der Waals surface area contributed by atoms with Gasteiger partial charge >= 0.3 is 5.97 Å². The van der Waals surface area contributed by atoms with Crippen LogP contribution in [0.5, 0.6) is 11.5 Å². The molecule has 6 heteroatoms. The fraction of sp³-hybridized carbons (Fsp3) is 0.345. The van der Waals surface area contributed by atoms with Gasteiger partial charge in [-0.3, -0.25) is 0 Å². The molecular formula is C29H34FNO4. The SMILES string of the molecule is CCCCCCOc1cc(C)c(-c2cccc(CNc3ccc(OCC(=O)O)c(F)c3)c2)c(C)c1. The maximum atomic E-state index is 14.2. The summed E-state index contributed by atoms with van der Waals surface area (Å²) in [5.41, 5.74) is 6.29. The Labute approximate surface area is 206 Å². The fourth-order valence-corrected chi connectivity index (χ4v) is 4.09. The van der Waals surface area contributed by atoms with Gasteiger partial charge in [-0.1, -0.05) is 44.4 Å². The number of unbranched alkanes of at least 4 members (excludes halogenated alkanes) is 3. The number of nitrogens with one attached hydrogen (secondary N) is 1. The van der Waals surface area contributed by atoms with Crippen LogP contribution in [0.3, 0.4) is 0 Å². The lowest BCUT2D eigenvalue weighted by Gasteiger charge is -2.15. The normalized spacial score (nSPS) is 10.7. The summed E-state index contributed by atoms with van der Waals surface area (Å²) in [7, 11) is 0. The Balaban J connectivity index is 1.65.